The maximum absolute atomic E-state index is 12.4. The zero-order valence-corrected chi connectivity index (χ0v) is 13.1. The van der Waals surface area contributed by atoms with Crippen LogP contribution < -0.4 is 5.32 Å². The van der Waals surface area contributed by atoms with Crippen molar-refractivity contribution in [3.8, 4) is 0 Å². The summed E-state index contributed by atoms with van der Waals surface area (Å²) >= 11 is 3.62. The molecule has 104 valence electrons. The fourth-order valence-corrected chi connectivity index (χ4v) is 4.11. The van der Waals surface area contributed by atoms with Crippen molar-refractivity contribution < 1.29 is 4.79 Å². The molecule has 1 N–H and O–H groups in total. The van der Waals surface area contributed by atoms with Crippen LogP contribution in [0.15, 0.2) is 0 Å². The number of hydrogen-bond acceptors (Lipinski definition) is 1. The molecule has 0 atom stereocenters. The molecule has 0 aromatic heterocycles. The number of rotatable bonds is 3. The molecule has 0 saturated heterocycles. The molecular weight excluding hydrogens is 290 g/mol. The summed E-state index contributed by atoms with van der Waals surface area (Å²) in [6.07, 6.45) is 10.8. The standard InChI is InChI=1S/C15H26BrNO/c1-12-5-7-13(8-6-12)14(18)17-15(11-16)9-3-2-4-10-15/h12-13H,2-11H2,1H3,(H,17,18). The van der Waals surface area contributed by atoms with E-state index in [9.17, 15) is 4.79 Å². The molecule has 2 fully saturated rings. The van der Waals surface area contributed by atoms with Gasteiger partial charge in [-0.3, -0.25) is 4.79 Å². The van der Waals surface area contributed by atoms with Gasteiger partial charge >= 0.3 is 0 Å². The maximum atomic E-state index is 12.4. The van der Waals surface area contributed by atoms with Gasteiger partial charge in [-0.2, -0.15) is 0 Å². The Kier molecular flexibility index (Phi) is 5.11. The number of nitrogens with one attached hydrogen (secondary N) is 1. The number of carbonyl (C=O) groups is 1. The van der Waals surface area contributed by atoms with Crippen molar-refractivity contribution >= 4 is 21.8 Å². The van der Waals surface area contributed by atoms with Gasteiger partial charge < -0.3 is 5.32 Å². The highest BCUT2D eigenvalue weighted by atomic mass is 79.9. The van der Waals surface area contributed by atoms with E-state index in [1.54, 1.807) is 0 Å². The van der Waals surface area contributed by atoms with Gasteiger partial charge in [0.2, 0.25) is 5.91 Å². The summed E-state index contributed by atoms with van der Waals surface area (Å²) in [6.45, 7) is 2.30. The SMILES string of the molecule is CC1CCC(C(=O)NC2(CBr)CCCCC2)CC1. The minimum atomic E-state index is 0.0540. The number of halogens is 1. The topological polar surface area (TPSA) is 29.1 Å². The first-order chi connectivity index (χ1) is 8.65. The van der Waals surface area contributed by atoms with Crippen LogP contribution in [0.25, 0.3) is 0 Å². The van der Waals surface area contributed by atoms with Crippen LogP contribution >= 0.6 is 15.9 Å². The lowest BCUT2D eigenvalue weighted by molar-refractivity contribution is -0.128. The number of amides is 1. The molecule has 0 heterocycles. The minimum absolute atomic E-state index is 0.0540. The quantitative estimate of drug-likeness (QED) is 0.783. The molecule has 0 bridgehead atoms. The van der Waals surface area contributed by atoms with Crippen molar-refractivity contribution in [2.75, 3.05) is 5.33 Å². The molecule has 1 amide bonds. The molecule has 2 rings (SSSR count). The predicted molar refractivity (Wildman–Crippen MR) is 78.9 cm³/mol. The van der Waals surface area contributed by atoms with Gasteiger partial charge in [0.25, 0.3) is 0 Å². The summed E-state index contributed by atoms with van der Waals surface area (Å²) in [5.74, 6) is 1.41. The van der Waals surface area contributed by atoms with E-state index in [0.717, 1.165) is 36.9 Å². The van der Waals surface area contributed by atoms with E-state index in [0.29, 0.717) is 5.91 Å². The van der Waals surface area contributed by atoms with Crippen LogP contribution in [0.3, 0.4) is 0 Å². The molecule has 3 heteroatoms. The lowest BCUT2D eigenvalue weighted by Gasteiger charge is -2.38. The number of carbonyl (C=O) groups excluding carboxylic acids is 1. The van der Waals surface area contributed by atoms with E-state index in [1.807, 2.05) is 0 Å². The zero-order valence-electron chi connectivity index (χ0n) is 11.5. The van der Waals surface area contributed by atoms with E-state index in [1.165, 1.54) is 32.1 Å². The number of alkyl halides is 1. The first-order valence-electron chi connectivity index (χ1n) is 7.53. The summed E-state index contributed by atoms with van der Waals surface area (Å²) < 4.78 is 0. The Morgan fingerprint density at radius 3 is 2.33 bits per heavy atom. The van der Waals surface area contributed by atoms with Crippen molar-refractivity contribution in [3.05, 3.63) is 0 Å². The number of hydrogen-bond donors (Lipinski definition) is 1. The first kappa shape index (κ1) is 14.4. The third-order valence-electron chi connectivity index (χ3n) is 4.84. The molecule has 0 unspecified atom stereocenters. The fraction of sp³-hybridized carbons (Fsp3) is 0.933. The summed E-state index contributed by atoms with van der Waals surface area (Å²) in [6, 6.07) is 0. The largest absolute Gasteiger partial charge is 0.350 e. The Hall–Kier alpha value is -0.0500. The van der Waals surface area contributed by atoms with Crippen LogP contribution in [0.5, 0.6) is 0 Å². The molecule has 2 aliphatic rings. The summed E-state index contributed by atoms with van der Waals surface area (Å²) in [5.41, 5.74) is 0.0540. The average molecular weight is 316 g/mol. The third kappa shape index (κ3) is 3.49. The van der Waals surface area contributed by atoms with E-state index < -0.39 is 0 Å². The molecule has 18 heavy (non-hydrogen) atoms. The Labute approximate surface area is 119 Å². The highest BCUT2D eigenvalue weighted by Gasteiger charge is 2.35. The van der Waals surface area contributed by atoms with Crippen LogP contribution in [0.1, 0.15) is 64.7 Å². The highest BCUT2D eigenvalue weighted by Crippen LogP contribution is 2.32. The molecule has 0 spiro atoms. The smallest absolute Gasteiger partial charge is 0.223 e. The van der Waals surface area contributed by atoms with Gasteiger partial charge in [-0.15, -0.1) is 0 Å². The molecule has 0 aromatic rings. The van der Waals surface area contributed by atoms with Gasteiger partial charge in [0.15, 0.2) is 0 Å². The van der Waals surface area contributed by atoms with Crippen molar-refractivity contribution in [2.24, 2.45) is 11.8 Å². The zero-order chi connectivity index (χ0) is 13.0. The fourth-order valence-electron chi connectivity index (χ4n) is 3.41. The Morgan fingerprint density at radius 2 is 1.78 bits per heavy atom. The molecule has 0 aromatic carbocycles. The van der Waals surface area contributed by atoms with Gasteiger partial charge in [-0.25, -0.2) is 0 Å². The van der Waals surface area contributed by atoms with Gasteiger partial charge in [0.1, 0.15) is 0 Å². The normalized spacial score (nSPS) is 31.9. The van der Waals surface area contributed by atoms with Crippen LogP contribution in [-0.4, -0.2) is 16.8 Å². The monoisotopic (exact) mass is 315 g/mol. The molecule has 2 saturated carbocycles. The van der Waals surface area contributed by atoms with Crippen molar-refractivity contribution in [1.82, 2.24) is 5.32 Å². The van der Waals surface area contributed by atoms with Gasteiger partial charge in [0.05, 0.1) is 0 Å². The van der Waals surface area contributed by atoms with Crippen LogP contribution in [-0.2, 0) is 4.79 Å². The average Bonchev–Trinajstić information content (AvgIpc) is 2.40. The highest BCUT2D eigenvalue weighted by molar-refractivity contribution is 9.09. The van der Waals surface area contributed by atoms with Crippen LogP contribution in [0.2, 0.25) is 0 Å². The van der Waals surface area contributed by atoms with Crippen molar-refractivity contribution in [1.29, 1.82) is 0 Å². The summed E-state index contributed by atoms with van der Waals surface area (Å²) in [4.78, 5) is 12.4. The second-order valence-electron chi connectivity index (χ2n) is 6.42. The molecule has 0 radical (unpaired) electrons. The summed E-state index contributed by atoms with van der Waals surface area (Å²) in [5, 5.41) is 4.29. The van der Waals surface area contributed by atoms with Crippen molar-refractivity contribution in [2.45, 2.75) is 70.3 Å². The molecule has 2 nitrogen and oxygen atoms in total. The maximum Gasteiger partial charge on any atom is 0.223 e. The second-order valence-corrected chi connectivity index (χ2v) is 6.98. The Morgan fingerprint density at radius 1 is 1.17 bits per heavy atom. The Balaban J connectivity index is 1.89. The van der Waals surface area contributed by atoms with Gasteiger partial charge in [0, 0.05) is 16.8 Å². The van der Waals surface area contributed by atoms with Gasteiger partial charge in [-0.1, -0.05) is 42.1 Å². The Bertz CT molecular complexity index is 278. The van der Waals surface area contributed by atoms with Crippen LogP contribution in [0, 0.1) is 11.8 Å². The van der Waals surface area contributed by atoms with Crippen molar-refractivity contribution in [3.63, 3.8) is 0 Å². The summed E-state index contributed by atoms with van der Waals surface area (Å²) in [7, 11) is 0. The van der Waals surface area contributed by atoms with E-state index in [2.05, 4.69) is 28.2 Å². The molecular formula is C15H26BrNO. The van der Waals surface area contributed by atoms with E-state index >= 15 is 0 Å². The predicted octanol–water partition coefficient (Wildman–Crippen LogP) is 4.03. The molecule has 0 aliphatic heterocycles. The lowest BCUT2D eigenvalue weighted by Crippen LogP contribution is -2.53. The van der Waals surface area contributed by atoms with Crippen LogP contribution in [0.4, 0.5) is 0 Å². The lowest BCUT2D eigenvalue weighted by atomic mass is 9.80. The van der Waals surface area contributed by atoms with E-state index in [-0.39, 0.29) is 11.5 Å². The molecule has 2 aliphatic carbocycles. The third-order valence-corrected chi connectivity index (χ3v) is 5.91. The first-order valence-corrected chi connectivity index (χ1v) is 8.65. The minimum Gasteiger partial charge on any atom is -0.350 e. The van der Waals surface area contributed by atoms with E-state index in [4.69, 9.17) is 0 Å². The second kappa shape index (κ2) is 6.40. The van der Waals surface area contributed by atoms with Gasteiger partial charge in [-0.05, 0) is 44.4 Å².